The van der Waals surface area contributed by atoms with E-state index in [0.29, 0.717) is 6.61 Å². The van der Waals surface area contributed by atoms with Crippen LogP contribution in [0.25, 0.3) is 0 Å². The molecule has 1 aromatic heterocycles. The van der Waals surface area contributed by atoms with E-state index in [1.165, 1.54) is 38.8 Å². The topological polar surface area (TPSA) is 71.9 Å². The molecule has 3 aliphatic rings. The lowest BCUT2D eigenvalue weighted by molar-refractivity contribution is -0.192. The number of aryl methyl sites for hydroxylation is 1. The number of hydrogen-bond donors (Lipinski definition) is 1. The van der Waals surface area contributed by atoms with Crippen molar-refractivity contribution < 1.29 is 32.5 Å². The third-order valence-electron chi connectivity index (χ3n) is 5.69. The molecule has 1 N–H and O–H groups in total. The fourth-order valence-electron chi connectivity index (χ4n) is 4.00. The van der Waals surface area contributed by atoms with E-state index in [1.807, 2.05) is 6.92 Å². The van der Waals surface area contributed by atoms with Gasteiger partial charge in [0, 0.05) is 31.4 Å². The molecule has 2 aliphatic heterocycles. The van der Waals surface area contributed by atoms with Crippen molar-refractivity contribution >= 4 is 17.3 Å². The number of carboxylic acids is 1. The molecule has 2 unspecified atom stereocenters. The first-order valence-electron chi connectivity index (χ1n) is 9.84. The largest absolute Gasteiger partial charge is 0.490 e. The maximum absolute atomic E-state index is 10.6. The zero-order valence-corrected chi connectivity index (χ0v) is 17.2. The summed E-state index contributed by atoms with van der Waals surface area (Å²) >= 11 is 1.69. The summed E-state index contributed by atoms with van der Waals surface area (Å²) in [7, 11) is 0. The highest BCUT2D eigenvalue weighted by Crippen LogP contribution is 2.38. The molecule has 1 spiro atoms. The molecule has 1 aromatic rings. The van der Waals surface area contributed by atoms with Gasteiger partial charge in [0.25, 0.3) is 0 Å². The molecule has 0 radical (unpaired) electrons. The van der Waals surface area contributed by atoms with Gasteiger partial charge in [-0.05, 0) is 32.1 Å². The Kier molecular flexibility index (Phi) is 7.19. The van der Waals surface area contributed by atoms with Gasteiger partial charge in [-0.1, -0.05) is 6.42 Å². The van der Waals surface area contributed by atoms with E-state index in [9.17, 15) is 13.2 Å². The van der Waals surface area contributed by atoms with Gasteiger partial charge in [0.05, 0.1) is 35.6 Å². The first-order chi connectivity index (χ1) is 13.7. The minimum atomic E-state index is -5.08. The van der Waals surface area contributed by atoms with Crippen LogP contribution in [0, 0.1) is 12.8 Å². The SMILES string of the molecule is Cc1nc(COC2COC3(CCN(CC4CCC4)C3)C2)cs1.O=C(O)C(F)(F)F. The molecule has 0 aromatic carbocycles. The minimum absolute atomic E-state index is 0.0758. The Hall–Kier alpha value is -1.23. The van der Waals surface area contributed by atoms with Gasteiger partial charge in [-0.25, -0.2) is 9.78 Å². The summed E-state index contributed by atoms with van der Waals surface area (Å²) in [4.78, 5) is 16.0. The predicted molar refractivity (Wildman–Crippen MR) is 101 cm³/mol. The highest BCUT2D eigenvalue weighted by molar-refractivity contribution is 7.09. The summed E-state index contributed by atoms with van der Waals surface area (Å²) < 4.78 is 44.0. The number of carbonyl (C=O) groups is 1. The van der Waals surface area contributed by atoms with Gasteiger partial charge >= 0.3 is 12.1 Å². The molecular formula is C19H27F3N2O4S. The molecule has 4 rings (SSSR count). The molecule has 2 saturated heterocycles. The van der Waals surface area contributed by atoms with Gasteiger partial charge in [0.2, 0.25) is 0 Å². The number of halogens is 3. The molecule has 6 nitrogen and oxygen atoms in total. The van der Waals surface area contributed by atoms with E-state index >= 15 is 0 Å². The second-order valence-electron chi connectivity index (χ2n) is 8.07. The maximum atomic E-state index is 10.6. The number of hydrogen-bond acceptors (Lipinski definition) is 6. The number of nitrogens with zero attached hydrogens (tertiary/aromatic N) is 2. The van der Waals surface area contributed by atoms with Crippen molar-refractivity contribution in [2.24, 2.45) is 5.92 Å². The number of rotatable bonds is 5. The Bertz CT molecular complexity index is 695. The summed E-state index contributed by atoms with van der Waals surface area (Å²) in [5, 5.41) is 10.3. The van der Waals surface area contributed by atoms with Gasteiger partial charge in [-0.3, -0.25) is 0 Å². The van der Waals surface area contributed by atoms with Crippen molar-refractivity contribution in [2.75, 3.05) is 26.2 Å². The molecule has 1 saturated carbocycles. The van der Waals surface area contributed by atoms with Crippen LogP contribution in [0.4, 0.5) is 13.2 Å². The van der Waals surface area contributed by atoms with Gasteiger partial charge in [-0.15, -0.1) is 11.3 Å². The van der Waals surface area contributed by atoms with E-state index in [4.69, 9.17) is 19.4 Å². The summed E-state index contributed by atoms with van der Waals surface area (Å²) in [5.74, 6) is -1.80. The Morgan fingerprint density at radius 2 is 2.21 bits per heavy atom. The van der Waals surface area contributed by atoms with Crippen LogP contribution in [-0.4, -0.2) is 65.1 Å². The Labute approximate surface area is 172 Å². The molecule has 3 fully saturated rings. The normalized spacial score (nSPS) is 27.7. The second-order valence-corrected chi connectivity index (χ2v) is 9.14. The Morgan fingerprint density at radius 3 is 2.76 bits per heavy atom. The average molecular weight is 436 g/mol. The van der Waals surface area contributed by atoms with Crippen molar-refractivity contribution in [3.05, 3.63) is 16.1 Å². The summed E-state index contributed by atoms with van der Waals surface area (Å²) in [6.07, 6.45) is 1.69. The zero-order chi connectivity index (χ0) is 21.1. The first kappa shape index (κ1) is 22.5. The molecular weight excluding hydrogens is 409 g/mol. The first-order valence-corrected chi connectivity index (χ1v) is 10.7. The molecule has 1 aliphatic carbocycles. The number of alkyl halides is 3. The number of aromatic nitrogens is 1. The van der Waals surface area contributed by atoms with Gasteiger partial charge in [0.1, 0.15) is 0 Å². The van der Waals surface area contributed by atoms with Crippen molar-refractivity contribution in [1.29, 1.82) is 0 Å². The van der Waals surface area contributed by atoms with E-state index in [1.54, 1.807) is 11.3 Å². The Balaban J connectivity index is 0.000000298. The molecule has 164 valence electrons. The van der Waals surface area contributed by atoms with E-state index in [0.717, 1.165) is 36.2 Å². The number of ether oxygens (including phenoxy) is 2. The third-order valence-corrected chi connectivity index (χ3v) is 6.51. The standard InChI is InChI=1S/C17H26N2O2S.C2HF3O2/c1-13-18-15(11-22-13)9-20-16-7-17(21-10-16)5-6-19(12-17)8-14-3-2-4-14;3-2(4,5)1(6)7/h11,14,16H,2-10,12H2,1H3;(H,6,7). The monoisotopic (exact) mass is 436 g/mol. The van der Waals surface area contributed by atoms with Gasteiger partial charge in [-0.2, -0.15) is 13.2 Å². The van der Waals surface area contributed by atoms with E-state index < -0.39 is 12.1 Å². The minimum Gasteiger partial charge on any atom is -0.475 e. The molecule has 2 atom stereocenters. The zero-order valence-electron chi connectivity index (χ0n) is 16.4. The van der Waals surface area contributed by atoms with Crippen LogP contribution < -0.4 is 0 Å². The van der Waals surface area contributed by atoms with E-state index in [2.05, 4.69) is 15.3 Å². The lowest BCUT2D eigenvalue weighted by Gasteiger charge is -2.31. The highest BCUT2D eigenvalue weighted by Gasteiger charge is 2.46. The summed E-state index contributed by atoms with van der Waals surface area (Å²) in [6, 6.07) is 0. The third kappa shape index (κ3) is 6.37. The van der Waals surface area contributed by atoms with Crippen molar-refractivity contribution in [2.45, 2.75) is 63.5 Å². The smallest absolute Gasteiger partial charge is 0.475 e. The fraction of sp³-hybridized carbons (Fsp3) is 0.789. The van der Waals surface area contributed by atoms with Crippen LogP contribution in [0.2, 0.25) is 0 Å². The second kappa shape index (κ2) is 9.28. The van der Waals surface area contributed by atoms with Gasteiger partial charge < -0.3 is 19.5 Å². The lowest BCUT2D eigenvalue weighted by Crippen LogP contribution is -2.36. The maximum Gasteiger partial charge on any atom is 0.490 e. The van der Waals surface area contributed by atoms with Crippen molar-refractivity contribution in [3.63, 3.8) is 0 Å². The molecule has 0 amide bonds. The van der Waals surface area contributed by atoms with Crippen LogP contribution in [0.3, 0.4) is 0 Å². The van der Waals surface area contributed by atoms with Crippen LogP contribution in [0.15, 0.2) is 5.38 Å². The van der Waals surface area contributed by atoms with Crippen LogP contribution in [0.1, 0.15) is 42.8 Å². The number of thiazole rings is 1. The number of likely N-dealkylation sites (tertiary alicyclic amines) is 1. The van der Waals surface area contributed by atoms with Crippen molar-refractivity contribution in [3.8, 4) is 0 Å². The van der Waals surface area contributed by atoms with E-state index in [-0.39, 0.29) is 11.7 Å². The molecule has 10 heteroatoms. The fourth-order valence-corrected chi connectivity index (χ4v) is 4.59. The average Bonchev–Trinajstić information content (AvgIpc) is 3.31. The summed E-state index contributed by atoms with van der Waals surface area (Å²) in [6.45, 7) is 7.01. The van der Waals surface area contributed by atoms with Crippen molar-refractivity contribution in [1.82, 2.24) is 9.88 Å². The Morgan fingerprint density at radius 1 is 1.48 bits per heavy atom. The van der Waals surface area contributed by atoms with Crippen LogP contribution in [0.5, 0.6) is 0 Å². The summed E-state index contributed by atoms with van der Waals surface area (Å²) in [5.41, 5.74) is 1.13. The number of aliphatic carboxylic acids is 1. The van der Waals surface area contributed by atoms with Crippen LogP contribution in [-0.2, 0) is 20.9 Å². The van der Waals surface area contributed by atoms with Gasteiger partial charge in [0.15, 0.2) is 0 Å². The molecule has 29 heavy (non-hydrogen) atoms. The molecule has 3 heterocycles. The quantitative estimate of drug-likeness (QED) is 0.760. The lowest BCUT2D eigenvalue weighted by atomic mass is 9.85. The predicted octanol–water partition coefficient (Wildman–Crippen LogP) is 3.63. The molecule has 0 bridgehead atoms. The highest BCUT2D eigenvalue weighted by atomic mass is 32.1. The van der Waals surface area contributed by atoms with Crippen LogP contribution >= 0.6 is 11.3 Å². The number of carboxylic acid groups (broad SMARTS) is 1.